The first-order valence-corrected chi connectivity index (χ1v) is 13.0. The SMILES string of the molecule is C=C[C@]1(C)C[C@@H](OC(=O)CNc2c(N(C)C)c(=O)c2=O)[C@]2(C)[C@H](C)CC[C@]3(CCC(=O)[C@H]32)[C@@H](C)[C@@H]1O. The molecule has 0 spiro atoms. The number of Topliss-reactive ketones (excluding diaryl/α,β-unsaturated/α-hetero) is 1. The molecule has 0 radical (unpaired) electrons. The van der Waals surface area contributed by atoms with Crippen LogP contribution in [0.25, 0.3) is 0 Å². The molecule has 198 valence electrons. The summed E-state index contributed by atoms with van der Waals surface area (Å²) in [5.74, 6) is -0.631. The predicted molar refractivity (Wildman–Crippen MR) is 139 cm³/mol. The fourth-order valence-corrected chi connectivity index (χ4v) is 7.83. The summed E-state index contributed by atoms with van der Waals surface area (Å²) in [6, 6.07) is 0. The molecule has 0 heterocycles. The Bertz CT molecular complexity index is 1150. The topological polar surface area (TPSA) is 113 Å². The van der Waals surface area contributed by atoms with Crippen molar-refractivity contribution in [3.05, 3.63) is 33.1 Å². The van der Waals surface area contributed by atoms with Crippen LogP contribution in [0.4, 0.5) is 11.4 Å². The van der Waals surface area contributed by atoms with Gasteiger partial charge in [0.15, 0.2) is 0 Å². The summed E-state index contributed by atoms with van der Waals surface area (Å²) < 4.78 is 6.15. The second-order valence-electron chi connectivity index (χ2n) is 12.2. The lowest BCUT2D eigenvalue weighted by molar-refractivity contribution is -0.205. The average molecular weight is 501 g/mol. The number of aliphatic hydroxyl groups is 1. The minimum atomic E-state index is -0.730. The van der Waals surface area contributed by atoms with Crippen LogP contribution in [0, 0.1) is 34.0 Å². The van der Waals surface area contributed by atoms with Crippen molar-refractivity contribution in [1.29, 1.82) is 0 Å². The van der Waals surface area contributed by atoms with Crippen LogP contribution in [0.1, 0.15) is 59.8 Å². The van der Waals surface area contributed by atoms with Crippen LogP contribution in [0.15, 0.2) is 22.2 Å². The number of nitrogens with zero attached hydrogens (tertiary/aromatic N) is 1. The van der Waals surface area contributed by atoms with Gasteiger partial charge in [-0.2, -0.15) is 0 Å². The maximum absolute atomic E-state index is 13.4. The maximum atomic E-state index is 13.4. The van der Waals surface area contributed by atoms with Gasteiger partial charge in [0.2, 0.25) is 0 Å². The maximum Gasteiger partial charge on any atom is 0.325 e. The largest absolute Gasteiger partial charge is 0.460 e. The second kappa shape index (κ2) is 8.82. The van der Waals surface area contributed by atoms with Crippen molar-refractivity contribution in [2.75, 3.05) is 30.9 Å². The van der Waals surface area contributed by atoms with Crippen LogP contribution in [0.5, 0.6) is 0 Å². The summed E-state index contributed by atoms with van der Waals surface area (Å²) in [6.07, 6.45) is 3.73. The molecule has 8 atom stereocenters. The predicted octanol–water partition coefficient (Wildman–Crippen LogP) is 2.67. The molecule has 4 rings (SSSR count). The van der Waals surface area contributed by atoms with Crippen LogP contribution >= 0.6 is 0 Å². The van der Waals surface area contributed by atoms with Gasteiger partial charge in [0.25, 0.3) is 10.9 Å². The van der Waals surface area contributed by atoms with Gasteiger partial charge in [0.05, 0.1) is 6.10 Å². The fraction of sp³-hybridized carbons (Fsp3) is 0.714. The highest BCUT2D eigenvalue weighted by molar-refractivity contribution is 5.86. The first-order valence-electron chi connectivity index (χ1n) is 13.0. The van der Waals surface area contributed by atoms with Gasteiger partial charge >= 0.3 is 5.97 Å². The van der Waals surface area contributed by atoms with Gasteiger partial charge in [-0.3, -0.25) is 19.2 Å². The molecule has 0 aliphatic heterocycles. The molecule has 8 heteroatoms. The molecule has 0 saturated heterocycles. The van der Waals surface area contributed by atoms with E-state index in [-0.39, 0.29) is 46.9 Å². The zero-order chi connectivity index (χ0) is 26.8. The van der Waals surface area contributed by atoms with E-state index in [1.807, 2.05) is 6.92 Å². The van der Waals surface area contributed by atoms with E-state index in [4.69, 9.17) is 4.74 Å². The first-order chi connectivity index (χ1) is 16.7. The Morgan fingerprint density at radius 2 is 1.86 bits per heavy atom. The van der Waals surface area contributed by atoms with E-state index in [1.165, 1.54) is 0 Å². The number of anilines is 2. The molecule has 0 aromatic heterocycles. The number of hydrogen-bond donors (Lipinski definition) is 2. The van der Waals surface area contributed by atoms with Crippen LogP contribution in [0.3, 0.4) is 0 Å². The molecule has 0 amide bonds. The Morgan fingerprint density at radius 3 is 2.47 bits per heavy atom. The number of rotatable bonds is 6. The van der Waals surface area contributed by atoms with Crippen LogP contribution in [0.2, 0.25) is 0 Å². The van der Waals surface area contributed by atoms with E-state index in [9.17, 15) is 24.3 Å². The molecule has 2 N–H and O–H groups in total. The number of carbonyl (C=O) groups excluding carboxylic acids is 2. The normalized spacial score (nSPS) is 40.2. The van der Waals surface area contributed by atoms with Crippen LogP contribution < -0.4 is 21.1 Å². The lowest BCUT2D eigenvalue weighted by atomic mass is 9.44. The zero-order valence-corrected chi connectivity index (χ0v) is 22.3. The summed E-state index contributed by atoms with van der Waals surface area (Å²) >= 11 is 0. The Labute approximate surface area is 212 Å². The summed E-state index contributed by atoms with van der Waals surface area (Å²) in [5.41, 5.74) is -2.53. The number of nitrogens with one attached hydrogen (secondary N) is 1. The van der Waals surface area contributed by atoms with Crippen molar-refractivity contribution in [2.45, 2.75) is 72.0 Å². The lowest BCUT2D eigenvalue weighted by Crippen LogP contribution is -2.63. The lowest BCUT2D eigenvalue weighted by Gasteiger charge is -2.61. The average Bonchev–Trinajstić information content (AvgIpc) is 3.19. The Hall–Kier alpha value is -2.48. The minimum Gasteiger partial charge on any atom is -0.460 e. The third-order valence-corrected chi connectivity index (χ3v) is 10.3. The number of ether oxygens (including phenoxy) is 1. The molecule has 2 bridgehead atoms. The van der Waals surface area contributed by atoms with Crippen molar-refractivity contribution in [3.63, 3.8) is 0 Å². The van der Waals surface area contributed by atoms with Gasteiger partial charge in [-0.1, -0.05) is 33.8 Å². The molecule has 0 unspecified atom stereocenters. The summed E-state index contributed by atoms with van der Waals surface area (Å²) in [6.45, 7) is 12.0. The number of aliphatic hydroxyl groups excluding tert-OH is 1. The molecule has 36 heavy (non-hydrogen) atoms. The Morgan fingerprint density at radius 1 is 1.19 bits per heavy atom. The van der Waals surface area contributed by atoms with E-state index in [0.717, 1.165) is 19.3 Å². The van der Waals surface area contributed by atoms with Crippen molar-refractivity contribution in [1.82, 2.24) is 0 Å². The van der Waals surface area contributed by atoms with Gasteiger partial charge in [0.1, 0.15) is 29.8 Å². The van der Waals surface area contributed by atoms with Gasteiger partial charge < -0.3 is 20.1 Å². The standard InChI is InChI=1S/C28H40N2O6/c1-8-26(4)13-18(36-19(32)14-29-20-21(30(6)7)23(34)22(20)33)27(5)15(2)9-11-28(16(3)25(26)35)12-10-17(31)24(27)28/h8,15-16,18,24-25,29,35H,1,9-14H2,2-7H3/t15-,16+,18-,24+,25+,26-,27+,28+/m1/s1. The van der Waals surface area contributed by atoms with Crippen molar-refractivity contribution in [2.24, 2.45) is 34.0 Å². The second-order valence-corrected chi connectivity index (χ2v) is 12.2. The highest BCUT2D eigenvalue weighted by Crippen LogP contribution is 2.67. The smallest absolute Gasteiger partial charge is 0.325 e. The molecule has 8 nitrogen and oxygen atoms in total. The van der Waals surface area contributed by atoms with Gasteiger partial charge in [0, 0.05) is 37.3 Å². The molecule has 1 aromatic carbocycles. The van der Waals surface area contributed by atoms with Crippen molar-refractivity contribution < 1.29 is 19.4 Å². The first kappa shape index (κ1) is 26.6. The van der Waals surface area contributed by atoms with E-state index in [0.29, 0.717) is 12.8 Å². The summed E-state index contributed by atoms with van der Waals surface area (Å²) in [5, 5.41) is 14.4. The summed E-state index contributed by atoms with van der Waals surface area (Å²) in [4.78, 5) is 52.0. The van der Waals surface area contributed by atoms with E-state index in [2.05, 4.69) is 32.7 Å². The zero-order valence-electron chi connectivity index (χ0n) is 22.3. The van der Waals surface area contributed by atoms with E-state index in [1.54, 1.807) is 25.1 Å². The highest BCUT2D eigenvalue weighted by Gasteiger charge is 2.68. The highest BCUT2D eigenvalue weighted by atomic mass is 16.5. The van der Waals surface area contributed by atoms with Gasteiger partial charge in [-0.15, -0.1) is 6.58 Å². The van der Waals surface area contributed by atoms with Gasteiger partial charge in [-0.25, -0.2) is 0 Å². The van der Waals surface area contributed by atoms with Crippen LogP contribution in [-0.2, 0) is 14.3 Å². The number of ketones is 1. The molecule has 3 saturated carbocycles. The Kier molecular flexibility index (Phi) is 6.51. The number of carbonyl (C=O) groups is 2. The molecule has 3 aliphatic carbocycles. The molecular formula is C28H40N2O6. The molecule has 3 aliphatic rings. The van der Waals surface area contributed by atoms with E-state index >= 15 is 0 Å². The Balaban J connectivity index is 1.68. The third kappa shape index (κ3) is 3.58. The number of esters is 1. The fourth-order valence-electron chi connectivity index (χ4n) is 7.83. The van der Waals surface area contributed by atoms with Crippen molar-refractivity contribution in [3.8, 4) is 0 Å². The van der Waals surface area contributed by atoms with Crippen LogP contribution in [-0.4, -0.2) is 49.7 Å². The quantitative estimate of drug-likeness (QED) is 0.348. The molecule has 3 fully saturated rings. The van der Waals surface area contributed by atoms with E-state index < -0.39 is 39.9 Å². The summed E-state index contributed by atoms with van der Waals surface area (Å²) in [7, 11) is 3.32. The minimum absolute atomic E-state index is 0.0966. The van der Waals surface area contributed by atoms with Crippen molar-refractivity contribution >= 4 is 23.1 Å². The number of hydrogen-bond acceptors (Lipinski definition) is 8. The third-order valence-electron chi connectivity index (χ3n) is 10.3. The monoisotopic (exact) mass is 500 g/mol. The van der Waals surface area contributed by atoms with Gasteiger partial charge in [-0.05, 0) is 42.9 Å². The molecular weight excluding hydrogens is 460 g/mol. The molecule has 1 aromatic rings.